The lowest BCUT2D eigenvalue weighted by Gasteiger charge is -2.17. The SMILES string of the molecule is Cc1ccc(S(=O)(=O)N2CCC(CN)C2)c(Cl)c1. The van der Waals surface area contributed by atoms with E-state index in [0.717, 1.165) is 12.0 Å². The zero-order valence-corrected chi connectivity index (χ0v) is 11.8. The molecule has 6 heteroatoms. The fraction of sp³-hybridized carbons (Fsp3) is 0.500. The molecule has 1 saturated heterocycles. The summed E-state index contributed by atoms with van der Waals surface area (Å²) in [6.45, 7) is 3.41. The van der Waals surface area contributed by atoms with Crippen LogP contribution in [0, 0.1) is 12.8 Å². The monoisotopic (exact) mass is 288 g/mol. The lowest BCUT2D eigenvalue weighted by molar-refractivity contribution is 0.459. The number of aryl methyl sites for hydroxylation is 1. The van der Waals surface area contributed by atoms with Gasteiger partial charge in [-0.3, -0.25) is 0 Å². The molecule has 0 bridgehead atoms. The topological polar surface area (TPSA) is 63.4 Å². The van der Waals surface area contributed by atoms with Crippen molar-refractivity contribution in [2.75, 3.05) is 19.6 Å². The molecule has 1 aromatic rings. The number of rotatable bonds is 3. The molecule has 0 saturated carbocycles. The van der Waals surface area contributed by atoms with Crippen LogP contribution in [0.4, 0.5) is 0 Å². The molecule has 1 fully saturated rings. The highest BCUT2D eigenvalue weighted by Gasteiger charge is 2.32. The number of hydrogen-bond donors (Lipinski definition) is 1. The van der Waals surface area contributed by atoms with E-state index in [2.05, 4.69) is 0 Å². The van der Waals surface area contributed by atoms with Gasteiger partial charge in [0.1, 0.15) is 4.90 Å². The Labute approximate surface area is 113 Å². The molecule has 1 aromatic carbocycles. The van der Waals surface area contributed by atoms with Crippen LogP contribution in [0.25, 0.3) is 0 Å². The van der Waals surface area contributed by atoms with Crippen molar-refractivity contribution in [3.63, 3.8) is 0 Å². The molecule has 0 aliphatic carbocycles. The van der Waals surface area contributed by atoms with Crippen molar-refractivity contribution in [1.82, 2.24) is 4.31 Å². The van der Waals surface area contributed by atoms with Crippen LogP contribution in [0.2, 0.25) is 5.02 Å². The first-order valence-electron chi connectivity index (χ1n) is 5.91. The van der Waals surface area contributed by atoms with Crippen LogP contribution < -0.4 is 5.73 Å². The average molecular weight is 289 g/mol. The largest absolute Gasteiger partial charge is 0.330 e. The normalized spacial score (nSPS) is 21.4. The number of sulfonamides is 1. The molecule has 2 rings (SSSR count). The molecule has 0 aromatic heterocycles. The minimum absolute atomic E-state index is 0.187. The summed E-state index contributed by atoms with van der Waals surface area (Å²) in [5.41, 5.74) is 6.52. The molecule has 1 atom stereocenters. The predicted octanol–water partition coefficient (Wildman–Crippen LogP) is 1.62. The van der Waals surface area contributed by atoms with E-state index < -0.39 is 10.0 Å². The van der Waals surface area contributed by atoms with E-state index in [4.69, 9.17) is 17.3 Å². The van der Waals surface area contributed by atoms with Gasteiger partial charge in [0.05, 0.1) is 5.02 Å². The lowest BCUT2D eigenvalue weighted by atomic mass is 10.1. The number of nitrogens with zero attached hydrogens (tertiary/aromatic N) is 1. The van der Waals surface area contributed by atoms with Crippen LogP contribution in [0.15, 0.2) is 23.1 Å². The molecular formula is C12H17ClN2O2S. The smallest absolute Gasteiger partial charge is 0.244 e. The van der Waals surface area contributed by atoms with Crippen LogP contribution in [-0.2, 0) is 10.0 Å². The first-order chi connectivity index (χ1) is 8.45. The molecule has 0 amide bonds. The van der Waals surface area contributed by atoms with Gasteiger partial charge in [0.2, 0.25) is 10.0 Å². The number of benzene rings is 1. The fourth-order valence-electron chi connectivity index (χ4n) is 2.16. The Bertz CT molecular complexity index is 545. The molecule has 0 spiro atoms. The highest BCUT2D eigenvalue weighted by Crippen LogP contribution is 2.29. The summed E-state index contributed by atoms with van der Waals surface area (Å²) in [6.07, 6.45) is 0.819. The molecular weight excluding hydrogens is 272 g/mol. The first-order valence-corrected chi connectivity index (χ1v) is 7.73. The fourth-order valence-corrected chi connectivity index (χ4v) is 4.27. The van der Waals surface area contributed by atoms with Crippen molar-refractivity contribution in [2.24, 2.45) is 11.7 Å². The van der Waals surface area contributed by atoms with Gasteiger partial charge in [-0.2, -0.15) is 4.31 Å². The number of nitrogens with two attached hydrogens (primary N) is 1. The van der Waals surface area contributed by atoms with Gasteiger partial charge < -0.3 is 5.73 Å². The van der Waals surface area contributed by atoms with Gasteiger partial charge in [0, 0.05) is 13.1 Å². The Morgan fingerprint density at radius 1 is 1.50 bits per heavy atom. The van der Waals surface area contributed by atoms with Gasteiger partial charge in [0.25, 0.3) is 0 Å². The second-order valence-electron chi connectivity index (χ2n) is 4.69. The van der Waals surface area contributed by atoms with E-state index in [-0.39, 0.29) is 15.8 Å². The Kier molecular flexibility index (Phi) is 3.96. The van der Waals surface area contributed by atoms with Crippen LogP contribution in [0.3, 0.4) is 0 Å². The summed E-state index contributed by atoms with van der Waals surface area (Å²) >= 11 is 6.03. The zero-order valence-electron chi connectivity index (χ0n) is 10.3. The maximum Gasteiger partial charge on any atom is 0.244 e. The van der Waals surface area contributed by atoms with E-state index in [1.807, 2.05) is 6.92 Å². The molecule has 18 heavy (non-hydrogen) atoms. The standard InChI is InChI=1S/C12H17ClN2O2S/c1-9-2-3-12(11(13)6-9)18(16,17)15-5-4-10(7-14)8-15/h2-3,6,10H,4-5,7-8,14H2,1H3. The van der Waals surface area contributed by atoms with Crippen molar-refractivity contribution in [2.45, 2.75) is 18.2 Å². The molecule has 1 heterocycles. The summed E-state index contributed by atoms with van der Waals surface area (Å²) in [6, 6.07) is 5.00. The molecule has 1 aliphatic heterocycles. The van der Waals surface area contributed by atoms with Crippen molar-refractivity contribution in [3.8, 4) is 0 Å². The van der Waals surface area contributed by atoms with Gasteiger partial charge in [-0.15, -0.1) is 0 Å². The predicted molar refractivity (Wildman–Crippen MR) is 72.1 cm³/mol. The quantitative estimate of drug-likeness (QED) is 0.919. The van der Waals surface area contributed by atoms with Crippen LogP contribution in [0.5, 0.6) is 0 Å². The maximum absolute atomic E-state index is 12.4. The molecule has 0 radical (unpaired) electrons. The summed E-state index contributed by atoms with van der Waals surface area (Å²) in [5, 5.41) is 0.284. The lowest BCUT2D eigenvalue weighted by Crippen LogP contribution is -2.30. The van der Waals surface area contributed by atoms with Crippen LogP contribution in [0.1, 0.15) is 12.0 Å². The van der Waals surface area contributed by atoms with Crippen molar-refractivity contribution >= 4 is 21.6 Å². The van der Waals surface area contributed by atoms with E-state index in [0.29, 0.717) is 19.6 Å². The Hall–Kier alpha value is -0.620. The van der Waals surface area contributed by atoms with Crippen LogP contribution >= 0.6 is 11.6 Å². The third kappa shape index (κ3) is 2.54. The van der Waals surface area contributed by atoms with E-state index in [9.17, 15) is 8.42 Å². The van der Waals surface area contributed by atoms with Gasteiger partial charge in [-0.1, -0.05) is 17.7 Å². The third-order valence-corrected chi connectivity index (χ3v) is 5.64. The molecule has 4 nitrogen and oxygen atoms in total. The van der Waals surface area contributed by atoms with Gasteiger partial charge in [0.15, 0.2) is 0 Å². The summed E-state index contributed by atoms with van der Waals surface area (Å²) in [7, 11) is -3.48. The Balaban J connectivity index is 2.31. The minimum atomic E-state index is -3.48. The second kappa shape index (κ2) is 5.17. The second-order valence-corrected chi connectivity index (χ2v) is 7.00. The van der Waals surface area contributed by atoms with Crippen molar-refractivity contribution in [1.29, 1.82) is 0 Å². The molecule has 1 aliphatic rings. The summed E-state index contributed by atoms with van der Waals surface area (Å²) in [5.74, 6) is 0.254. The Morgan fingerprint density at radius 2 is 2.22 bits per heavy atom. The molecule has 1 unspecified atom stereocenters. The highest BCUT2D eigenvalue weighted by molar-refractivity contribution is 7.89. The van der Waals surface area contributed by atoms with Crippen molar-refractivity contribution in [3.05, 3.63) is 28.8 Å². The van der Waals surface area contributed by atoms with Gasteiger partial charge in [-0.25, -0.2) is 8.42 Å². The summed E-state index contributed by atoms with van der Waals surface area (Å²) < 4.78 is 26.3. The minimum Gasteiger partial charge on any atom is -0.330 e. The van der Waals surface area contributed by atoms with E-state index >= 15 is 0 Å². The van der Waals surface area contributed by atoms with E-state index in [1.165, 1.54) is 4.31 Å². The zero-order chi connectivity index (χ0) is 13.3. The average Bonchev–Trinajstić information content (AvgIpc) is 2.77. The van der Waals surface area contributed by atoms with Crippen LogP contribution in [-0.4, -0.2) is 32.4 Å². The van der Waals surface area contributed by atoms with Crippen molar-refractivity contribution < 1.29 is 8.42 Å². The third-order valence-electron chi connectivity index (χ3n) is 3.29. The molecule has 100 valence electrons. The highest BCUT2D eigenvalue weighted by atomic mass is 35.5. The Morgan fingerprint density at radius 3 is 2.78 bits per heavy atom. The first kappa shape index (κ1) is 13.8. The molecule has 2 N–H and O–H groups in total. The summed E-state index contributed by atoms with van der Waals surface area (Å²) in [4.78, 5) is 0.187. The van der Waals surface area contributed by atoms with Gasteiger partial charge in [-0.05, 0) is 43.5 Å². The van der Waals surface area contributed by atoms with Gasteiger partial charge >= 0.3 is 0 Å². The van der Waals surface area contributed by atoms with E-state index in [1.54, 1.807) is 18.2 Å². The number of halogens is 1. The maximum atomic E-state index is 12.4. The number of hydrogen-bond acceptors (Lipinski definition) is 3.